The predicted molar refractivity (Wildman–Crippen MR) is 60.5 cm³/mol. The zero-order valence-electron chi connectivity index (χ0n) is 9.60. The van der Waals surface area contributed by atoms with Crippen LogP contribution in [0.15, 0.2) is 6.07 Å². The largest absolute Gasteiger partial charge is 0.324 e. The van der Waals surface area contributed by atoms with Crippen LogP contribution in [0.25, 0.3) is 0 Å². The summed E-state index contributed by atoms with van der Waals surface area (Å²) in [5, 5.41) is 0. The average molecular weight is 207 g/mol. The minimum atomic E-state index is -0.0849. The lowest BCUT2D eigenvalue weighted by molar-refractivity contribution is 0.501. The smallest absolute Gasteiger partial charge is 0.129 e. The molecule has 2 atom stereocenters. The fourth-order valence-corrected chi connectivity index (χ4v) is 2.63. The van der Waals surface area contributed by atoms with Gasteiger partial charge in [0.15, 0.2) is 0 Å². The third-order valence-electron chi connectivity index (χ3n) is 3.57. The number of hydrogen-bond donors (Lipinski definition) is 1. The molecule has 1 aliphatic rings. The second-order valence-corrected chi connectivity index (χ2v) is 4.72. The minimum absolute atomic E-state index is 0.0197. The lowest BCUT2D eigenvalue weighted by Crippen LogP contribution is -2.21. The van der Waals surface area contributed by atoms with Crippen molar-refractivity contribution in [3.8, 4) is 0 Å². The third kappa shape index (κ3) is 1.57. The van der Waals surface area contributed by atoms with Gasteiger partial charge in [0.2, 0.25) is 0 Å². The predicted octanol–water partition coefficient (Wildman–Crippen LogP) is 3.34. The van der Waals surface area contributed by atoms with E-state index >= 15 is 0 Å². The molecule has 0 fully saturated rings. The fourth-order valence-electron chi connectivity index (χ4n) is 2.63. The van der Waals surface area contributed by atoms with Gasteiger partial charge < -0.3 is 5.73 Å². The molecule has 1 nitrogen and oxygen atoms in total. The fraction of sp³-hybridized carbons (Fsp3) is 0.538. The zero-order valence-corrected chi connectivity index (χ0v) is 9.60. The highest BCUT2D eigenvalue weighted by Crippen LogP contribution is 2.39. The molecule has 0 amide bonds. The highest BCUT2D eigenvalue weighted by atomic mass is 19.1. The van der Waals surface area contributed by atoms with Gasteiger partial charge in [-0.3, -0.25) is 0 Å². The number of nitrogens with two attached hydrogens (primary N) is 1. The van der Waals surface area contributed by atoms with Crippen molar-refractivity contribution in [3.05, 3.63) is 34.1 Å². The molecule has 82 valence electrons. The van der Waals surface area contributed by atoms with Gasteiger partial charge in [-0.1, -0.05) is 13.0 Å². The molecule has 0 spiro atoms. The lowest BCUT2D eigenvalue weighted by Gasteiger charge is -2.29. The van der Waals surface area contributed by atoms with Crippen LogP contribution in [-0.2, 0) is 0 Å². The molecule has 0 saturated heterocycles. The van der Waals surface area contributed by atoms with Crippen molar-refractivity contribution in [3.63, 3.8) is 0 Å². The van der Waals surface area contributed by atoms with Crippen molar-refractivity contribution >= 4 is 0 Å². The van der Waals surface area contributed by atoms with Crippen LogP contribution in [0.3, 0.4) is 0 Å². The molecule has 0 saturated carbocycles. The van der Waals surface area contributed by atoms with Crippen LogP contribution in [0.1, 0.15) is 54.0 Å². The highest BCUT2D eigenvalue weighted by Gasteiger charge is 2.26. The summed E-state index contributed by atoms with van der Waals surface area (Å²) in [6, 6.07) is 1.99. The molecular formula is C13H18FN. The van der Waals surface area contributed by atoms with Gasteiger partial charge in [0.1, 0.15) is 5.82 Å². The summed E-state index contributed by atoms with van der Waals surface area (Å²) in [4.78, 5) is 0. The van der Waals surface area contributed by atoms with Gasteiger partial charge in [-0.2, -0.15) is 0 Å². The van der Waals surface area contributed by atoms with E-state index in [1.807, 2.05) is 19.9 Å². The monoisotopic (exact) mass is 207 g/mol. The van der Waals surface area contributed by atoms with Gasteiger partial charge in [0, 0.05) is 6.04 Å². The van der Waals surface area contributed by atoms with Crippen molar-refractivity contribution in [2.24, 2.45) is 5.73 Å². The summed E-state index contributed by atoms with van der Waals surface area (Å²) in [6.45, 7) is 5.87. The minimum Gasteiger partial charge on any atom is -0.324 e. The van der Waals surface area contributed by atoms with Crippen LogP contribution in [0.4, 0.5) is 4.39 Å². The Bertz CT molecular complexity index is 398. The number of halogens is 1. The molecule has 0 heterocycles. The van der Waals surface area contributed by atoms with Gasteiger partial charge in [-0.05, 0) is 54.9 Å². The summed E-state index contributed by atoms with van der Waals surface area (Å²) >= 11 is 0. The van der Waals surface area contributed by atoms with Gasteiger partial charge in [0.05, 0.1) is 0 Å². The summed E-state index contributed by atoms with van der Waals surface area (Å²) in [5.74, 6) is 0.427. The van der Waals surface area contributed by atoms with Crippen molar-refractivity contribution in [2.45, 2.75) is 45.6 Å². The van der Waals surface area contributed by atoms with E-state index in [0.29, 0.717) is 5.92 Å². The number of benzene rings is 1. The van der Waals surface area contributed by atoms with E-state index in [2.05, 4.69) is 6.92 Å². The molecule has 0 radical (unpaired) electrons. The van der Waals surface area contributed by atoms with E-state index in [1.165, 1.54) is 5.56 Å². The summed E-state index contributed by atoms with van der Waals surface area (Å²) < 4.78 is 13.8. The van der Waals surface area contributed by atoms with Crippen LogP contribution < -0.4 is 5.73 Å². The Morgan fingerprint density at radius 3 is 2.67 bits per heavy atom. The number of fused-ring (bicyclic) bond motifs is 1. The molecule has 1 aliphatic carbocycles. The number of aryl methyl sites for hydroxylation is 1. The quantitative estimate of drug-likeness (QED) is 0.693. The second kappa shape index (κ2) is 3.60. The van der Waals surface area contributed by atoms with Gasteiger partial charge >= 0.3 is 0 Å². The van der Waals surface area contributed by atoms with Crippen LogP contribution in [-0.4, -0.2) is 0 Å². The Morgan fingerprint density at radius 2 is 2.00 bits per heavy atom. The molecule has 0 aliphatic heterocycles. The molecule has 1 aromatic rings. The van der Waals surface area contributed by atoms with E-state index in [1.54, 1.807) is 0 Å². The van der Waals surface area contributed by atoms with Gasteiger partial charge in [-0.25, -0.2) is 4.39 Å². The average Bonchev–Trinajstić information content (AvgIpc) is 2.20. The first-order valence-corrected chi connectivity index (χ1v) is 5.57. The van der Waals surface area contributed by atoms with Gasteiger partial charge in [0.25, 0.3) is 0 Å². The van der Waals surface area contributed by atoms with E-state index in [0.717, 1.165) is 29.5 Å². The maximum atomic E-state index is 13.8. The molecule has 15 heavy (non-hydrogen) atoms. The first-order chi connectivity index (χ1) is 7.02. The molecule has 2 N–H and O–H groups in total. The van der Waals surface area contributed by atoms with Gasteiger partial charge in [-0.15, -0.1) is 0 Å². The molecule has 1 aromatic carbocycles. The van der Waals surface area contributed by atoms with E-state index in [4.69, 9.17) is 5.73 Å². The topological polar surface area (TPSA) is 26.0 Å². The van der Waals surface area contributed by atoms with Crippen molar-refractivity contribution < 1.29 is 4.39 Å². The molecule has 2 heteroatoms. The van der Waals surface area contributed by atoms with Crippen molar-refractivity contribution in [1.29, 1.82) is 0 Å². The maximum absolute atomic E-state index is 13.8. The maximum Gasteiger partial charge on any atom is 0.129 e. The van der Waals surface area contributed by atoms with Crippen LogP contribution >= 0.6 is 0 Å². The molecular weight excluding hydrogens is 189 g/mol. The zero-order chi connectivity index (χ0) is 11.2. The Balaban J connectivity index is 2.68. The van der Waals surface area contributed by atoms with Crippen molar-refractivity contribution in [2.75, 3.05) is 0 Å². The normalized spacial score (nSPS) is 25.1. The second-order valence-electron chi connectivity index (χ2n) is 4.72. The first-order valence-electron chi connectivity index (χ1n) is 5.57. The molecule has 0 aromatic heterocycles. The van der Waals surface area contributed by atoms with Crippen LogP contribution in [0, 0.1) is 19.7 Å². The SMILES string of the molecule is Cc1cc2c(c(C)c1F)[C@@H](N)CCC2C. The molecule has 1 unspecified atom stereocenters. The summed E-state index contributed by atoms with van der Waals surface area (Å²) in [7, 11) is 0. The Hall–Kier alpha value is -0.890. The summed E-state index contributed by atoms with van der Waals surface area (Å²) in [5.41, 5.74) is 9.87. The van der Waals surface area contributed by atoms with Crippen LogP contribution in [0.2, 0.25) is 0 Å². The number of hydrogen-bond acceptors (Lipinski definition) is 1. The van der Waals surface area contributed by atoms with E-state index in [9.17, 15) is 4.39 Å². The Kier molecular flexibility index (Phi) is 2.55. The summed E-state index contributed by atoms with van der Waals surface area (Å²) in [6.07, 6.45) is 2.08. The lowest BCUT2D eigenvalue weighted by atomic mass is 9.78. The standard InChI is InChI=1S/C13H18FN/c1-7-4-5-11(15)12-9(3)13(14)8(2)6-10(7)12/h6-7,11H,4-5,15H2,1-3H3/t7?,11-/m0/s1. The van der Waals surface area contributed by atoms with E-state index in [-0.39, 0.29) is 11.9 Å². The number of rotatable bonds is 0. The highest BCUT2D eigenvalue weighted by molar-refractivity contribution is 5.44. The molecule has 0 bridgehead atoms. The Labute approximate surface area is 90.5 Å². The van der Waals surface area contributed by atoms with Crippen LogP contribution in [0.5, 0.6) is 0 Å². The van der Waals surface area contributed by atoms with E-state index < -0.39 is 0 Å². The third-order valence-corrected chi connectivity index (χ3v) is 3.57. The molecule has 2 rings (SSSR count). The van der Waals surface area contributed by atoms with Crippen molar-refractivity contribution in [1.82, 2.24) is 0 Å². The Morgan fingerprint density at radius 1 is 1.33 bits per heavy atom. The first kappa shape index (κ1) is 10.6.